The number of benzene rings is 1. The Bertz CT molecular complexity index is 476. The van der Waals surface area contributed by atoms with E-state index >= 15 is 0 Å². The van der Waals surface area contributed by atoms with Gasteiger partial charge in [0.05, 0.1) is 12.2 Å². The van der Waals surface area contributed by atoms with Gasteiger partial charge in [0, 0.05) is 30.0 Å². The van der Waals surface area contributed by atoms with E-state index in [4.69, 9.17) is 9.47 Å². The van der Waals surface area contributed by atoms with Crippen LogP contribution in [0, 0.1) is 0 Å². The van der Waals surface area contributed by atoms with Gasteiger partial charge in [-0.1, -0.05) is 22.0 Å². The molecule has 3 unspecified atom stereocenters. The third kappa shape index (κ3) is 2.54. The van der Waals surface area contributed by atoms with Gasteiger partial charge in [-0.2, -0.15) is 0 Å². The molecule has 0 amide bonds. The average molecular weight is 327 g/mol. The van der Waals surface area contributed by atoms with Crippen LogP contribution < -0.4 is 4.74 Å². The molecule has 4 heteroatoms. The number of ether oxygens (including phenoxy) is 2. The second-order valence-corrected chi connectivity index (χ2v) is 6.56. The van der Waals surface area contributed by atoms with Gasteiger partial charge in [-0.15, -0.1) is 0 Å². The van der Waals surface area contributed by atoms with Crippen LogP contribution in [-0.4, -0.2) is 23.9 Å². The Labute approximate surface area is 122 Å². The predicted molar refractivity (Wildman–Crippen MR) is 76.3 cm³/mol. The topological polar surface area (TPSA) is 38.7 Å². The maximum Gasteiger partial charge on any atom is 0.127 e. The quantitative estimate of drug-likeness (QED) is 0.857. The van der Waals surface area contributed by atoms with Gasteiger partial charge in [0.1, 0.15) is 11.4 Å². The van der Waals surface area contributed by atoms with Crippen LogP contribution in [0.4, 0.5) is 0 Å². The van der Waals surface area contributed by atoms with Crippen LogP contribution in [0.1, 0.15) is 43.8 Å². The highest BCUT2D eigenvalue weighted by molar-refractivity contribution is 9.10. The number of aliphatic hydroxyl groups excluding tert-OH is 1. The summed E-state index contributed by atoms with van der Waals surface area (Å²) in [6.07, 6.45) is 4.52. The Balaban J connectivity index is 1.90. The molecule has 2 aliphatic rings. The van der Waals surface area contributed by atoms with Crippen molar-refractivity contribution < 1.29 is 14.6 Å². The van der Waals surface area contributed by atoms with Gasteiger partial charge in [-0.25, -0.2) is 0 Å². The molecule has 1 N–H and O–H groups in total. The maximum absolute atomic E-state index is 10.4. The molecule has 19 heavy (non-hydrogen) atoms. The number of halogens is 1. The third-order valence-electron chi connectivity index (χ3n) is 4.32. The van der Waals surface area contributed by atoms with Gasteiger partial charge in [-0.05, 0) is 31.4 Å². The Morgan fingerprint density at radius 3 is 3.05 bits per heavy atom. The summed E-state index contributed by atoms with van der Waals surface area (Å²) in [5.74, 6) is 0.810. The summed E-state index contributed by atoms with van der Waals surface area (Å²) in [7, 11) is 1.76. The van der Waals surface area contributed by atoms with E-state index in [1.165, 1.54) is 0 Å². The maximum atomic E-state index is 10.4. The molecule has 0 saturated heterocycles. The largest absolute Gasteiger partial charge is 0.487 e. The predicted octanol–water partition coefficient (Wildman–Crippen LogP) is 3.59. The fourth-order valence-corrected chi connectivity index (χ4v) is 3.70. The third-order valence-corrected chi connectivity index (χ3v) is 4.81. The van der Waals surface area contributed by atoms with Crippen molar-refractivity contribution in [2.24, 2.45) is 0 Å². The van der Waals surface area contributed by atoms with Crippen LogP contribution in [-0.2, 0) is 4.74 Å². The Morgan fingerprint density at radius 2 is 2.26 bits per heavy atom. The first-order valence-electron chi connectivity index (χ1n) is 6.81. The summed E-state index contributed by atoms with van der Waals surface area (Å²) >= 11 is 3.46. The van der Waals surface area contributed by atoms with E-state index < -0.39 is 6.10 Å². The lowest BCUT2D eigenvalue weighted by Gasteiger charge is -2.45. The van der Waals surface area contributed by atoms with Crippen LogP contribution in [0.2, 0.25) is 0 Å². The molecule has 1 heterocycles. The molecule has 1 aliphatic carbocycles. The lowest BCUT2D eigenvalue weighted by Crippen LogP contribution is -2.46. The molecular formula is C15H19BrO3. The number of methoxy groups -OCH3 is 1. The van der Waals surface area contributed by atoms with E-state index in [2.05, 4.69) is 15.9 Å². The zero-order chi connectivity index (χ0) is 13.5. The van der Waals surface area contributed by atoms with Crippen molar-refractivity contribution >= 4 is 15.9 Å². The standard InChI is InChI=1S/C15H19BrO3/c1-18-11-3-2-6-15(8-11)9-13(17)12-5-4-10(16)7-14(12)19-15/h4-5,7,11,13,17H,2-3,6,8-9H2,1H3. The number of rotatable bonds is 1. The molecule has 1 fully saturated rings. The zero-order valence-corrected chi connectivity index (χ0v) is 12.6. The first-order valence-corrected chi connectivity index (χ1v) is 7.60. The highest BCUT2D eigenvalue weighted by atomic mass is 79.9. The molecule has 1 saturated carbocycles. The molecule has 1 spiro atoms. The number of hydrogen-bond donors (Lipinski definition) is 1. The first-order chi connectivity index (χ1) is 9.12. The fraction of sp³-hybridized carbons (Fsp3) is 0.600. The van der Waals surface area contributed by atoms with Crippen molar-refractivity contribution in [1.29, 1.82) is 0 Å². The van der Waals surface area contributed by atoms with Gasteiger partial charge < -0.3 is 14.6 Å². The molecule has 1 aromatic carbocycles. The molecular weight excluding hydrogens is 308 g/mol. The molecule has 3 nitrogen and oxygen atoms in total. The molecule has 3 rings (SSSR count). The minimum absolute atomic E-state index is 0.245. The monoisotopic (exact) mass is 326 g/mol. The van der Waals surface area contributed by atoms with Crippen LogP contribution in [0.25, 0.3) is 0 Å². The molecule has 0 radical (unpaired) electrons. The van der Waals surface area contributed by atoms with Crippen LogP contribution in [0.3, 0.4) is 0 Å². The fourth-order valence-electron chi connectivity index (χ4n) is 3.36. The van der Waals surface area contributed by atoms with Gasteiger partial charge in [0.15, 0.2) is 0 Å². The van der Waals surface area contributed by atoms with Crippen molar-refractivity contribution in [2.75, 3.05) is 7.11 Å². The lowest BCUT2D eigenvalue weighted by molar-refractivity contribution is -0.0796. The number of aliphatic hydroxyl groups is 1. The smallest absolute Gasteiger partial charge is 0.127 e. The highest BCUT2D eigenvalue weighted by Gasteiger charge is 2.44. The summed E-state index contributed by atoms with van der Waals surface area (Å²) in [6, 6.07) is 5.84. The first kappa shape index (κ1) is 13.4. The van der Waals surface area contributed by atoms with Crippen molar-refractivity contribution in [1.82, 2.24) is 0 Å². The average Bonchev–Trinajstić information content (AvgIpc) is 2.38. The highest BCUT2D eigenvalue weighted by Crippen LogP contribution is 2.47. The van der Waals surface area contributed by atoms with E-state index in [1.807, 2.05) is 18.2 Å². The normalized spacial score (nSPS) is 33.8. The molecule has 104 valence electrons. The van der Waals surface area contributed by atoms with Crippen molar-refractivity contribution in [3.8, 4) is 5.75 Å². The summed E-state index contributed by atoms with van der Waals surface area (Å²) in [5.41, 5.74) is 0.639. The van der Waals surface area contributed by atoms with Gasteiger partial charge in [0.25, 0.3) is 0 Å². The van der Waals surface area contributed by atoms with E-state index in [9.17, 15) is 5.11 Å². The number of fused-ring (bicyclic) bond motifs is 1. The van der Waals surface area contributed by atoms with Crippen LogP contribution >= 0.6 is 15.9 Å². The van der Waals surface area contributed by atoms with Crippen molar-refractivity contribution in [3.05, 3.63) is 28.2 Å². The number of hydrogen-bond acceptors (Lipinski definition) is 3. The van der Waals surface area contributed by atoms with Crippen LogP contribution in [0.5, 0.6) is 5.75 Å². The Kier molecular flexibility index (Phi) is 3.58. The minimum Gasteiger partial charge on any atom is -0.487 e. The van der Waals surface area contributed by atoms with Crippen LogP contribution in [0.15, 0.2) is 22.7 Å². The summed E-state index contributed by atoms with van der Waals surface area (Å²) in [6.45, 7) is 0. The van der Waals surface area contributed by atoms with Gasteiger partial charge >= 0.3 is 0 Å². The summed E-state index contributed by atoms with van der Waals surface area (Å²) in [4.78, 5) is 0. The lowest BCUT2D eigenvalue weighted by atomic mass is 9.76. The van der Waals surface area contributed by atoms with E-state index in [0.717, 1.165) is 41.5 Å². The molecule has 0 bridgehead atoms. The van der Waals surface area contributed by atoms with E-state index in [0.29, 0.717) is 6.42 Å². The minimum atomic E-state index is -0.438. The summed E-state index contributed by atoms with van der Waals surface area (Å²) in [5, 5.41) is 10.4. The van der Waals surface area contributed by atoms with Crippen molar-refractivity contribution in [2.45, 2.75) is 49.9 Å². The summed E-state index contributed by atoms with van der Waals surface area (Å²) < 4.78 is 12.7. The SMILES string of the molecule is COC1CCCC2(C1)CC(O)c1ccc(Br)cc1O2. The molecule has 1 aromatic rings. The second-order valence-electron chi connectivity index (χ2n) is 5.64. The van der Waals surface area contributed by atoms with E-state index in [-0.39, 0.29) is 11.7 Å². The molecule has 3 atom stereocenters. The molecule has 1 aliphatic heterocycles. The van der Waals surface area contributed by atoms with Gasteiger partial charge in [0.2, 0.25) is 0 Å². The van der Waals surface area contributed by atoms with Gasteiger partial charge in [-0.3, -0.25) is 0 Å². The Hall–Kier alpha value is -0.580. The van der Waals surface area contributed by atoms with E-state index in [1.54, 1.807) is 7.11 Å². The Morgan fingerprint density at radius 1 is 1.42 bits per heavy atom. The molecule has 0 aromatic heterocycles. The van der Waals surface area contributed by atoms with Crippen molar-refractivity contribution in [3.63, 3.8) is 0 Å². The second kappa shape index (κ2) is 5.08. The zero-order valence-electron chi connectivity index (χ0n) is 11.1.